The Balaban J connectivity index is 0. The summed E-state index contributed by atoms with van der Waals surface area (Å²) in [6, 6.07) is 6.96. The number of aryl methyl sites for hydroxylation is 1. The number of hydrogen-bond donors (Lipinski definition) is 0. The van der Waals surface area contributed by atoms with Crippen LogP contribution in [0.5, 0.6) is 0 Å². The molecule has 0 atom stereocenters. The lowest BCUT2D eigenvalue weighted by atomic mass is 9.80. The van der Waals surface area contributed by atoms with Crippen LogP contribution in [0.2, 0.25) is 0 Å². The van der Waals surface area contributed by atoms with E-state index >= 15 is 0 Å². The third-order valence-electron chi connectivity index (χ3n) is 2.81. The zero-order valence-electron chi connectivity index (χ0n) is 13.2. The molecule has 0 aromatic heterocycles. The van der Waals surface area contributed by atoms with Gasteiger partial charge >= 0.3 is 0 Å². The summed E-state index contributed by atoms with van der Waals surface area (Å²) in [6.07, 6.45) is 0. The maximum Gasteiger partial charge on any atom is -0.0132 e. The van der Waals surface area contributed by atoms with Gasteiger partial charge in [0.15, 0.2) is 0 Å². The van der Waals surface area contributed by atoms with E-state index in [1.54, 1.807) is 0 Å². The van der Waals surface area contributed by atoms with Crippen LogP contribution in [0, 0.1) is 6.92 Å². The van der Waals surface area contributed by atoms with E-state index in [0.717, 1.165) is 0 Å². The fourth-order valence-electron chi connectivity index (χ4n) is 1.65. The molecule has 18 heavy (non-hydrogen) atoms. The van der Waals surface area contributed by atoms with Gasteiger partial charge in [-0.3, -0.25) is 0 Å². The van der Waals surface area contributed by atoms with Crippen LogP contribution < -0.4 is 0 Å². The monoisotopic (exact) mass is 250 g/mol. The van der Waals surface area contributed by atoms with Crippen LogP contribution in [0.1, 0.15) is 79.5 Å². The highest BCUT2D eigenvalue weighted by molar-refractivity contribution is 5.36. The summed E-state index contributed by atoms with van der Waals surface area (Å²) in [7, 11) is 0. The summed E-state index contributed by atoms with van der Waals surface area (Å²) in [5.74, 6) is 0. The number of hydrogen-bond acceptors (Lipinski definition) is 0. The molecule has 0 N–H and O–H groups in total. The summed E-state index contributed by atoms with van der Waals surface area (Å²) < 4.78 is 0. The van der Waals surface area contributed by atoms with E-state index in [2.05, 4.69) is 66.7 Å². The van der Waals surface area contributed by atoms with Gasteiger partial charge in [-0.2, -0.15) is 0 Å². The van der Waals surface area contributed by atoms with Crippen molar-refractivity contribution in [2.75, 3.05) is 0 Å². The Kier molecular flexibility index (Phi) is 7.57. The standard InChI is InChI=1S/C15H24.C2H6.CH4/c1-11-8-12(14(2,3)4)10-13(9-11)15(5,6)7;1-2;/h8-10H,1-7H3;1-2H3;1H4. The van der Waals surface area contributed by atoms with Crippen molar-refractivity contribution >= 4 is 0 Å². The lowest BCUT2D eigenvalue weighted by Crippen LogP contribution is -2.16. The minimum atomic E-state index is 0. The molecule has 0 saturated heterocycles. The van der Waals surface area contributed by atoms with Gasteiger partial charge < -0.3 is 0 Å². The molecule has 0 unspecified atom stereocenters. The van der Waals surface area contributed by atoms with E-state index in [4.69, 9.17) is 0 Å². The molecular weight excluding hydrogens is 216 g/mol. The average Bonchev–Trinajstić information content (AvgIpc) is 2.17. The maximum absolute atomic E-state index is 2.35. The molecule has 0 aliphatic rings. The first-order chi connectivity index (χ1) is 7.60. The first-order valence-electron chi connectivity index (χ1n) is 6.73. The summed E-state index contributed by atoms with van der Waals surface area (Å²) in [4.78, 5) is 0. The molecule has 0 radical (unpaired) electrons. The van der Waals surface area contributed by atoms with Crippen LogP contribution in [0.15, 0.2) is 18.2 Å². The maximum atomic E-state index is 2.35. The van der Waals surface area contributed by atoms with E-state index in [-0.39, 0.29) is 18.3 Å². The SMILES string of the molecule is C.CC.Cc1cc(C(C)(C)C)cc(C(C)(C)C)c1. The van der Waals surface area contributed by atoms with Gasteiger partial charge in [0.1, 0.15) is 0 Å². The van der Waals surface area contributed by atoms with Gasteiger partial charge in [-0.15, -0.1) is 0 Å². The minimum Gasteiger partial charge on any atom is -0.0776 e. The number of rotatable bonds is 0. The molecule has 106 valence electrons. The van der Waals surface area contributed by atoms with Gasteiger partial charge in [-0.1, -0.05) is 86.6 Å². The van der Waals surface area contributed by atoms with E-state index < -0.39 is 0 Å². The fraction of sp³-hybridized carbons (Fsp3) is 0.667. The normalized spacial score (nSPS) is 11.2. The third-order valence-corrected chi connectivity index (χ3v) is 2.81. The van der Waals surface area contributed by atoms with Crippen molar-refractivity contribution in [3.8, 4) is 0 Å². The van der Waals surface area contributed by atoms with Gasteiger partial charge in [0.05, 0.1) is 0 Å². The Morgan fingerprint density at radius 2 is 0.944 bits per heavy atom. The van der Waals surface area contributed by atoms with Crippen molar-refractivity contribution in [2.45, 2.75) is 80.6 Å². The van der Waals surface area contributed by atoms with Crippen molar-refractivity contribution in [1.29, 1.82) is 0 Å². The third kappa shape index (κ3) is 5.71. The Bertz CT molecular complexity index is 313. The van der Waals surface area contributed by atoms with Crippen LogP contribution in [-0.4, -0.2) is 0 Å². The minimum absolute atomic E-state index is 0. The Morgan fingerprint density at radius 1 is 0.667 bits per heavy atom. The second-order valence-electron chi connectivity index (χ2n) is 6.59. The lowest BCUT2D eigenvalue weighted by molar-refractivity contribution is 0.567. The quantitative estimate of drug-likeness (QED) is 0.510. The van der Waals surface area contributed by atoms with Crippen LogP contribution in [-0.2, 0) is 10.8 Å². The largest absolute Gasteiger partial charge is 0.0776 e. The highest BCUT2D eigenvalue weighted by atomic mass is 14.2. The van der Waals surface area contributed by atoms with Gasteiger partial charge in [0.25, 0.3) is 0 Å². The summed E-state index contributed by atoms with van der Waals surface area (Å²) in [5.41, 5.74) is 4.73. The Morgan fingerprint density at radius 3 is 1.17 bits per heavy atom. The molecule has 0 aliphatic carbocycles. The van der Waals surface area contributed by atoms with Crippen LogP contribution in [0.3, 0.4) is 0 Å². The molecule has 1 rings (SSSR count). The van der Waals surface area contributed by atoms with Gasteiger partial charge in [-0.25, -0.2) is 0 Å². The van der Waals surface area contributed by atoms with Crippen molar-refractivity contribution in [3.63, 3.8) is 0 Å². The summed E-state index contributed by atoms with van der Waals surface area (Å²) in [5, 5.41) is 0. The van der Waals surface area contributed by atoms with Crippen molar-refractivity contribution < 1.29 is 0 Å². The van der Waals surface area contributed by atoms with Crippen LogP contribution in [0.4, 0.5) is 0 Å². The van der Waals surface area contributed by atoms with E-state index in [1.807, 2.05) is 13.8 Å². The molecule has 0 saturated carbocycles. The summed E-state index contributed by atoms with van der Waals surface area (Å²) >= 11 is 0. The Hall–Kier alpha value is -0.780. The molecule has 0 nitrogen and oxygen atoms in total. The van der Waals surface area contributed by atoms with E-state index in [0.29, 0.717) is 0 Å². The van der Waals surface area contributed by atoms with E-state index in [1.165, 1.54) is 16.7 Å². The van der Waals surface area contributed by atoms with Gasteiger partial charge in [0, 0.05) is 0 Å². The predicted octanol–water partition coefficient (Wildman–Crippen LogP) is 6.25. The zero-order chi connectivity index (χ0) is 13.9. The average molecular weight is 250 g/mol. The fourth-order valence-corrected chi connectivity index (χ4v) is 1.65. The highest BCUT2D eigenvalue weighted by Crippen LogP contribution is 2.29. The summed E-state index contributed by atoms with van der Waals surface area (Å²) in [6.45, 7) is 19.8. The highest BCUT2D eigenvalue weighted by Gasteiger charge is 2.19. The molecule has 1 aromatic carbocycles. The number of benzene rings is 1. The zero-order valence-corrected chi connectivity index (χ0v) is 13.2. The molecule has 0 fully saturated rings. The lowest BCUT2D eigenvalue weighted by Gasteiger charge is -2.25. The molecule has 0 heterocycles. The molecule has 0 heteroatoms. The smallest absolute Gasteiger partial charge is 0.0132 e. The predicted molar refractivity (Wildman–Crippen MR) is 86.7 cm³/mol. The molecule has 1 aromatic rings. The Labute approximate surface area is 116 Å². The molecular formula is C18H34. The first-order valence-corrected chi connectivity index (χ1v) is 6.73. The van der Waals surface area contributed by atoms with Crippen molar-refractivity contribution in [3.05, 3.63) is 34.9 Å². The molecule has 0 bridgehead atoms. The first kappa shape index (κ1) is 19.6. The van der Waals surface area contributed by atoms with Crippen molar-refractivity contribution in [1.82, 2.24) is 0 Å². The second-order valence-corrected chi connectivity index (χ2v) is 6.59. The molecule has 0 amide bonds. The van der Waals surface area contributed by atoms with Gasteiger partial charge in [0.2, 0.25) is 0 Å². The van der Waals surface area contributed by atoms with Gasteiger partial charge in [-0.05, 0) is 28.9 Å². The topological polar surface area (TPSA) is 0 Å². The molecule has 0 aliphatic heterocycles. The van der Waals surface area contributed by atoms with Crippen molar-refractivity contribution in [2.24, 2.45) is 0 Å². The van der Waals surface area contributed by atoms with Crippen LogP contribution in [0.25, 0.3) is 0 Å². The van der Waals surface area contributed by atoms with Crippen LogP contribution >= 0.6 is 0 Å². The second kappa shape index (κ2) is 6.97. The molecule has 0 spiro atoms. The van der Waals surface area contributed by atoms with E-state index in [9.17, 15) is 0 Å².